The van der Waals surface area contributed by atoms with Gasteiger partial charge >= 0.3 is 0 Å². The van der Waals surface area contributed by atoms with Crippen LogP contribution >= 0.6 is 0 Å². The van der Waals surface area contributed by atoms with Crippen LogP contribution in [0.25, 0.3) is 0 Å². The molecule has 0 aliphatic carbocycles. The van der Waals surface area contributed by atoms with E-state index in [2.05, 4.69) is 31.3 Å². The molecule has 384 valence electrons. The van der Waals surface area contributed by atoms with Crippen LogP contribution in [0.15, 0.2) is 12.2 Å². The van der Waals surface area contributed by atoms with Crippen LogP contribution < -0.4 is 5.32 Å². The lowest BCUT2D eigenvalue weighted by Crippen LogP contribution is -2.65. The second-order valence-corrected chi connectivity index (χ2v) is 19.0. The highest BCUT2D eigenvalue weighted by atomic mass is 16.7. The van der Waals surface area contributed by atoms with E-state index in [0.717, 1.165) is 64.2 Å². The molecule has 65 heavy (non-hydrogen) atoms. The number of carbonyl (C=O) groups excluding carboxylic acids is 1. The second-order valence-electron chi connectivity index (χ2n) is 19.0. The highest BCUT2D eigenvalue weighted by Gasteiger charge is 2.51. The fraction of sp³-hybridized carbons (Fsp3) is 0.941. The van der Waals surface area contributed by atoms with Gasteiger partial charge in [-0.1, -0.05) is 180 Å². The zero-order chi connectivity index (χ0) is 47.5. The zero-order valence-corrected chi connectivity index (χ0v) is 40.7. The third-order valence-electron chi connectivity index (χ3n) is 13.2. The molecular formula is C51H97NO13. The summed E-state index contributed by atoms with van der Waals surface area (Å²) in [6.07, 6.45) is 23.5. The number of unbranched alkanes of at least 4 members (excludes halogenated alkanes) is 26. The van der Waals surface area contributed by atoms with E-state index >= 15 is 0 Å². The monoisotopic (exact) mass is 932 g/mol. The van der Waals surface area contributed by atoms with Crippen molar-refractivity contribution in [2.75, 3.05) is 19.8 Å². The van der Waals surface area contributed by atoms with Crippen molar-refractivity contribution in [3.8, 4) is 0 Å². The quantitative estimate of drug-likeness (QED) is 0.0219. The fourth-order valence-corrected chi connectivity index (χ4v) is 8.88. The lowest BCUT2D eigenvalue weighted by atomic mass is 9.97. The summed E-state index contributed by atoms with van der Waals surface area (Å²) in [6.45, 7) is 2.85. The Morgan fingerprint density at radius 2 is 0.969 bits per heavy atom. The van der Waals surface area contributed by atoms with E-state index in [1.165, 1.54) is 116 Å². The average molecular weight is 932 g/mol. The smallest absolute Gasteiger partial charge is 0.220 e. The van der Waals surface area contributed by atoms with E-state index in [0.29, 0.717) is 19.3 Å². The van der Waals surface area contributed by atoms with E-state index < -0.39 is 86.8 Å². The highest BCUT2D eigenvalue weighted by Crippen LogP contribution is 2.30. The minimum atomic E-state index is -1.78. The first-order valence-electron chi connectivity index (χ1n) is 26.4. The number of amides is 1. The lowest BCUT2D eigenvalue weighted by Gasteiger charge is -2.46. The molecule has 0 bridgehead atoms. The van der Waals surface area contributed by atoms with E-state index in [1.54, 1.807) is 0 Å². The zero-order valence-electron chi connectivity index (χ0n) is 40.7. The molecule has 9 N–H and O–H groups in total. The van der Waals surface area contributed by atoms with Gasteiger partial charge in [-0.05, 0) is 38.5 Å². The summed E-state index contributed by atoms with van der Waals surface area (Å²) >= 11 is 0. The van der Waals surface area contributed by atoms with E-state index in [9.17, 15) is 45.6 Å². The molecule has 2 heterocycles. The molecule has 12 atom stereocenters. The van der Waals surface area contributed by atoms with Crippen molar-refractivity contribution < 1.29 is 64.6 Å². The van der Waals surface area contributed by atoms with E-state index in [1.807, 2.05) is 0 Å². The van der Waals surface area contributed by atoms with E-state index in [4.69, 9.17) is 18.9 Å². The molecule has 0 radical (unpaired) electrons. The number of allylic oxidation sites excluding steroid dienone is 2. The van der Waals surface area contributed by atoms with Crippen molar-refractivity contribution in [1.82, 2.24) is 5.32 Å². The average Bonchev–Trinajstić information content (AvgIpc) is 3.30. The Morgan fingerprint density at radius 1 is 0.538 bits per heavy atom. The third-order valence-corrected chi connectivity index (χ3v) is 13.2. The van der Waals surface area contributed by atoms with Crippen molar-refractivity contribution in [1.29, 1.82) is 0 Å². The number of hydrogen-bond donors (Lipinski definition) is 9. The van der Waals surface area contributed by atoms with Gasteiger partial charge < -0.3 is 65.1 Å². The van der Waals surface area contributed by atoms with Gasteiger partial charge in [0, 0.05) is 6.42 Å². The van der Waals surface area contributed by atoms with Crippen LogP contribution in [-0.4, -0.2) is 140 Å². The molecule has 0 aromatic heterocycles. The van der Waals surface area contributed by atoms with Gasteiger partial charge in [-0.25, -0.2) is 0 Å². The molecule has 2 fully saturated rings. The maximum Gasteiger partial charge on any atom is 0.220 e. The van der Waals surface area contributed by atoms with Gasteiger partial charge in [0.15, 0.2) is 12.6 Å². The number of nitrogens with one attached hydrogen (secondary N) is 1. The van der Waals surface area contributed by atoms with Crippen molar-refractivity contribution in [3.05, 3.63) is 12.2 Å². The normalized spacial score (nSPS) is 27.0. The molecule has 0 saturated carbocycles. The van der Waals surface area contributed by atoms with Crippen molar-refractivity contribution in [3.63, 3.8) is 0 Å². The van der Waals surface area contributed by atoms with Gasteiger partial charge in [0.2, 0.25) is 5.91 Å². The molecule has 2 saturated heterocycles. The summed E-state index contributed by atoms with van der Waals surface area (Å²) in [5.41, 5.74) is 0. The molecule has 0 aromatic carbocycles. The fourth-order valence-electron chi connectivity index (χ4n) is 8.88. The second kappa shape index (κ2) is 38.6. The van der Waals surface area contributed by atoms with Gasteiger partial charge in [-0.2, -0.15) is 0 Å². The Morgan fingerprint density at radius 3 is 1.46 bits per heavy atom. The molecule has 0 spiro atoms. The summed E-state index contributed by atoms with van der Waals surface area (Å²) in [5, 5.41) is 86.9. The van der Waals surface area contributed by atoms with Crippen LogP contribution in [0.1, 0.15) is 213 Å². The maximum atomic E-state index is 13.2. The van der Waals surface area contributed by atoms with Gasteiger partial charge in [0.05, 0.1) is 32.0 Å². The van der Waals surface area contributed by atoms with Crippen molar-refractivity contribution >= 4 is 5.91 Å². The minimum Gasteiger partial charge on any atom is -0.394 e. The van der Waals surface area contributed by atoms with Crippen LogP contribution in [0.5, 0.6) is 0 Å². The summed E-state index contributed by atoms with van der Waals surface area (Å²) in [4.78, 5) is 13.2. The Labute approximate surface area is 393 Å². The van der Waals surface area contributed by atoms with Gasteiger partial charge in [0.1, 0.15) is 48.8 Å². The van der Waals surface area contributed by atoms with Crippen LogP contribution in [0.3, 0.4) is 0 Å². The number of carbonyl (C=O) groups is 1. The first-order chi connectivity index (χ1) is 31.6. The predicted molar refractivity (Wildman–Crippen MR) is 254 cm³/mol. The summed E-state index contributed by atoms with van der Waals surface area (Å²) in [7, 11) is 0. The Kier molecular flexibility index (Phi) is 35.5. The number of aliphatic hydroxyl groups excluding tert-OH is 8. The van der Waals surface area contributed by atoms with Crippen LogP contribution in [0, 0.1) is 0 Å². The van der Waals surface area contributed by atoms with E-state index in [-0.39, 0.29) is 12.5 Å². The molecule has 1 amide bonds. The number of hydrogen-bond acceptors (Lipinski definition) is 13. The Balaban J connectivity index is 1.82. The number of aliphatic hydroxyl groups is 8. The summed E-state index contributed by atoms with van der Waals surface area (Å²) < 4.78 is 22.8. The number of rotatable bonds is 41. The first-order valence-corrected chi connectivity index (χ1v) is 26.4. The molecule has 14 nitrogen and oxygen atoms in total. The van der Waals surface area contributed by atoms with Gasteiger partial charge in [-0.15, -0.1) is 0 Å². The Bertz CT molecular complexity index is 1150. The SMILES string of the molecule is CCCCCCCCC/C=C\CCCCCCCC(=O)NC(COC1OC(CO)C(OC2OC(CO)C(O)C(O)C2O)C(O)C1O)C(O)CCCCCCCCCCCCCCCCC. The molecule has 12 unspecified atom stereocenters. The van der Waals surface area contributed by atoms with Crippen LogP contribution in [0.4, 0.5) is 0 Å². The largest absolute Gasteiger partial charge is 0.394 e. The Hall–Kier alpha value is -1.27. The summed E-state index contributed by atoms with van der Waals surface area (Å²) in [5.74, 6) is -0.214. The maximum absolute atomic E-state index is 13.2. The van der Waals surface area contributed by atoms with Crippen LogP contribution in [0.2, 0.25) is 0 Å². The summed E-state index contributed by atoms with van der Waals surface area (Å²) in [6, 6.07) is -0.828. The van der Waals surface area contributed by atoms with Crippen molar-refractivity contribution in [2.45, 2.75) is 286 Å². The van der Waals surface area contributed by atoms with Gasteiger partial charge in [0.25, 0.3) is 0 Å². The molecular weight excluding hydrogens is 835 g/mol. The standard InChI is InChI=1S/C51H97NO13/c1-3-5-7-9-11-13-15-17-19-21-23-25-27-29-31-33-35-43(56)52-39(40(55)34-32-30-28-26-24-22-20-18-16-14-12-10-8-6-4-2)38-62-50-48(61)46(59)49(42(37-54)64-50)65-51-47(60)45(58)44(57)41(36-53)63-51/h19,21,39-42,44-51,53-55,57-61H,3-18,20,22-38H2,1-2H3,(H,52,56)/b21-19-. The highest BCUT2D eigenvalue weighted by molar-refractivity contribution is 5.76. The minimum absolute atomic E-state index is 0.214. The molecule has 14 heteroatoms. The molecule has 2 aliphatic rings. The van der Waals surface area contributed by atoms with Crippen molar-refractivity contribution in [2.24, 2.45) is 0 Å². The lowest BCUT2D eigenvalue weighted by molar-refractivity contribution is -0.359. The topological polar surface area (TPSA) is 228 Å². The van der Waals surface area contributed by atoms with Gasteiger partial charge in [-0.3, -0.25) is 4.79 Å². The number of ether oxygens (including phenoxy) is 4. The first kappa shape index (κ1) is 59.9. The predicted octanol–water partition coefficient (Wildman–Crippen LogP) is 7.16. The third kappa shape index (κ3) is 25.8. The molecule has 2 aliphatic heterocycles. The molecule has 0 aromatic rings. The van der Waals surface area contributed by atoms with Crippen LogP contribution in [-0.2, 0) is 23.7 Å². The molecule has 2 rings (SSSR count).